The molecule has 8 heteroatoms. The molecule has 0 saturated heterocycles. The van der Waals surface area contributed by atoms with Crippen LogP contribution in [0.3, 0.4) is 0 Å². The van der Waals surface area contributed by atoms with E-state index in [2.05, 4.69) is 33.6 Å². The van der Waals surface area contributed by atoms with Gasteiger partial charge in [-0.3, -0.25) is 0 Å². The Morgan fingerprint density at radius 2 is 2.05 bits per heavy atom. The van der Waals surface area contributed by atoms with E-state index in [9.17, 15) is 8.42 Å². The predicted molar refractivity (Wildman–Crippen MR) is 84.3 cm³/mol. The third-order valence-electron chi connectivity index (χ3n) is 3.37. The molecule has 0 aliphatic carbocycles. The summed E-state index contributed by atoms with van der Waals surface area (Å²) in [5.74, 6) is 0.576. The highest BCUT2D eigenvalue weighted by Gasteiger charge is 2.16. The fraction of sp³-hybridized carbons (Fsp3) is 0.429. The third kappa shape index (κ3) is 4.12. The molecule has 0 aromatic carbocycles. The molecular weight excluding hydrogens is 302 g/mol. The van der Waals surface area contributed by atoms with Gasteiger partial charge in [-0.15, -0.1) is 0 Å². The Kier molecular flexibility index (Phi) is 5.64. The summed E-state index contributed by atoms with van der Waals surface area (Å²) in [5, 5.41) is 4.05. The van der Waals surface area contributed by atoms with Gasteiger partial charge in [-0.05, 0) is 25.2 Å². The quantitative estimate of drug-likeness (QED) is 0.780. The molecule has 1 N–H and O–H groups in total. The van der Waals surface area contributed by atoms with E-state index in [0.717, 1.165) is 13.1 Å². The average Bonchev–Trinajstić information content (AvgIpc) is 3.03. The molecule has 22 heavy (non-hydrogen) atoms. The van der Waals surface area contributed by atoms with Gasteiger partial charge in [0.25, 0.3) is 0 Å². The van der Waals surface area contributed by atoms with E-state index in [1.54, 1.807) is 18.3 Å². The number of hydrogen-bond donors (Lipinski definition) is 1. The molecule has 0 radical (unpaired) electrons. The van der Waals surface area contributed by atoms with Gasteiger partial charge in [0.05, 0.1) is 12.4 Å². The minimum Gasteiger partial charge on any atom is -0.303 e. The summed E-state index contributed by atoms with van der Waals surface area (Å²) in [5.41, 5.74) is 0. The van der Waals surface area contributed by atoms with Crippen molar-refractivity contribution in [1.82, 2.24) is 24.4 Å². The van der Waals surface area contributed by atoms with Gasteiger partial charge in [-0.1, -0.05) is 19.9 Å². The van der Waals surface area contributed by atoms with Crippen LogP contribution in [0.4, 0.5) is 0 Å². The lowest BCUT2D eigenvalue weighted by molar-refractivity contribution is 0.309. The van der Waals surface area contributed by atoms with Crippen LogP contribution >= 0.6 is 0 Å². The maximum atomic E-state index is 12.2. The van der Waals surface area contributed by atoms with E-state index in [4.69, 9.17) is 0 Å². The Hall–Kier alpha value is -1.77. The molecule has 2 heterocycles. The van der Waals surface area contributed by atoms with Gasteiger partial charge in [-0.2, -0.15) is 5.10 Å². The van der Waals surface area contributed by atoms with Crippen LogP contribution in [0.15, 0.2) is 41.7 Å². The first-order valence-corrected chi connectivity index (χ1v) is 8.73. The molecule has 2 aromatic rings. The van der Waals surface area contributed by atoms with Gasteiger partial charge >= 0.3 is 0 Å². The van der Waals surface area contributed by atoms with Crippen molar-refractivity contribution < 1.29 is 8.42 Å². The lowest BCUT2D eigenvalue weighted by Gasteiger charge is -2.17. The zero-order chi connectivity index (χ0) is 16.0. The Morgan fingerprint density at radius 1 is 1.27 bits per heavy atom. The summed E-state index contributed by atoms with van der Waals surface area (Å²) in [6, 6.07) is 5.37. The van der Waals surface area contributed by atoms with Gasteiger partial charge in [0.1, 0.15) is 4.90 Å². The highest BCUT2D eigenvalue weighted by Crippen LogP contribution is 2.10. The second-order valence-corrected chi connectivity index (χ2v) is 6.50. The molecule has 0 aliphatic heterocycles. The first-order valence-electron chi connectivity index (χ1n) is 7.25. The number of sulfonamides is 1. The first-order chi connectivity index (χ1) is 10.6. The molecule has 0 fully saturated rings. The third-order valence-corrected chi connectivity index (χ3v) is 4.78. The van der Waals surface area contributed by atoms with Crippen LogP contribution < -0.4 is 4.72 Å². The normalized spacial score (nSPS) is 12.0. The fourth-order valence-electron chi connectivity index (χ4n) is 2.02. The number of aromatic nitrogens is 3. The van der Waals surface area contributed by atoms with Gasteiger partial charge in [-0.25, -0.2) is 22.8 Å². The number of hydrogen-bond acceptors (Lipinski definition) is 5. The number of nitrogens with one attached hydrogen (secondary N) is 1. The second kappa shape index (κ2) is 7.48. The molecule has 0 spiro atoms. The van der Waals surface area contributed by atoms with E-state index in [1.807, 2.05) is 6.07 Å². The predicted octanol–water partition coefficient (Wildman–Crippen LogP) is 0.887. The van der Waals surface area contributed by atoms with E-state index in [1.165, 1.54) is 17.1 Å². The molecule has 0 aliphatic rings. The van der Waals surface area contributed by atoms with E-state index < -0.39 is 10.0 Å². The smallest absolute Gasteiger partial charge is 0.243 e. The maximum absolute atomic E-state index is 12.2. The first kappa shape index (κ1) is 16.6. The van der Waals surface area contributed by atoms with Gasteiger partial charge in [0.2, 0.25) is 10.0 Å². The summed E-state index contributed by atoms with van der Waals surface area (Å²) >= 11 is 0. The SMILES string of the molecule is CCN(CC)CCNS(=O)(=O)c1cnn(-c2ccccn2)c1. The second-order valence-electron chi connectivity index (χ2n) is 4.73. The Bertz CT molecular complexity index is 680. The number of pyridine rings is 1. The number of rotatable bonds is 8. The van der Waals surface area contributed by atoms with E-state index >= 15 is 0 Å². The highest BCUT2D eigenvalue weighted by molar-refractivity contribution is 7.89. The van der Waals surface area contributed by atoms with Crippen molar-refractivity contribution in [3.05, 3.63) is 36.8 Å². The summed E-state index contributed by atoms with van der Waals surface area (Å²) in [4.78, 5) is 6.42. The summed E-state index contributed by atoms with van der Waals surface area (Å²) in [7, 11) is -3.55. The van der Waals surface area contributed by atoms with Gasteiger partial charge in [0.15, 0.2) is 5.82 Å². The Morgan fingerprint density at radius 3 is 2.68 bits per heavy atom. The van der Waals surface area contributed by atoms with Gasteiger partial charge in [0, 0.05) is 19.3 Å². The van der Waals surface area contributed by atoms with Crippen molar-refractivity contribution in [2.75, 3.05) is 26.2 Å². The van der Waals surface area contributed by atoms with Crippen LogP contribution in [-0.2, 0) is 10.0 Å². The maximum Gasteiger partial charge on any atom is 0.243 e. The molecule has 2 rings (SSSR count). The largest absolute Gasteiger partial charge is 0.303 e. The Balaban J connectivity index is 2.03. The average molecular weight is 323 g/mol. The molecule has 7 nitrogen and oxygen atoms in total. The number of likely N-dealkylation sites (N-methyl/N-ethyl adjacent to an activating group) is 1. The van der Waals surface area contributed by atoms with E-state index in [-0.39, 0.29) is 4.90 Å². The van der Waals surface area contributed by atoms with Crippen LogP contribution in [0.2, 0.25) is 0 Å². The standard InChI is InChI=1S/C14H21N5O2S/c1-3-18(4-2)10-9-17-22(20,21)13-11-16-19(12-13)14-7-5-6-8-15-14/h5-8,11-12,17H,3-4,9-10H2,1-2H3. The van der Waals surface area contributed by atoms with Crippen LogP contribution in [-0.4, -0.2) is 54.3 Å². The van der Waals surface area contributed by atoms with Crippen molar-refractivity contribution in [1.29, 1.82) is 0 Å². The monoisotopic (exact) mass is 323 g/mol. The number of nitrogens with zero attached hydrogens (tertiary/aromatic N) is 4. The van der Waals surface area contributed by atoms with Crippen LogP contribution in [0, 0.1) is 0 Å². The van der Waals surface area contributed by atoms with Crippen LogP contribution in [0.1, 0.15) is 13.8 Å². The topological polar surface area (TPSA) is 80.1 Å². The lowest BCUT2D eigenvalue weighted by atomic mass is 10.5. The van der Waals surface area contributed by atoms with Crippen molar-refractivity contribution in [3.8, 4) is 5.82 Å². The molecule has 0 amide bonds. The minimum absolute atomic E-state index is 0.137. The van der Waals surface area contributed by atoms with Gasteiger partial charge < -0.3 is 4.90 Å². The van der Waals surface area contributed by atoms with Crippen molar-refractivity contribution in [2.45, 2.75) is 18.7 Å². The van der Waals surface area contributed by atoms with Crippen LogP contribution in [0.25, 0.3) is 5.82 Å². The highest BCUT2D eigenvalue weighted by atomic mass is 32.2. The zero-order valence-corrected chi connectivity index (χ0v) is 13.6. The zero-order valence-electron chi connectivity index (χ0n) is 12.8. The summed E-state index contributed by atoms with van der Waals surface area (Å²) < 4.78 is 28.5. The molecule has 0 saturated carbocycles. The van der Waals surface area contributed by atoms with Crippen molar-refractivity contribution in [3.63, 3.8) is 0 Å². The summed E-state index contributed by atoms with van der Waals surface area (Å²) in [6.45, 7) is 6.95. The lowest BCUT2D eigenvalue weighted by Crippen LogP contribution is -2.34. The molecular formula is C14H21N5O2S. The minimum atomic E-state index is -3.55. The summed E-state index contributed by atoms with van der Waals surface area (Å²) in [6.07, 6.45) is 4.42. The molecule has 0 unspecified atom stereocenters. The van der Waals surface area contributed by atoms with Crippen LogP contribution in [0.5, 0.6) is 0 Å². The van der Waals surface area contributed by atoms with E-state index in [0.29, 0.717) is 18.9 Å². The molecule has 2 aromatic heterocycles. The Labute approximate surface area is 131 Å². The molecule has 120 valence electrons. The molecule has 0 atom stereocenters. The van der Waals surface area contributed by atoms with Crippen molar-refractivity contribution >= 4 is 10.0 Å². The van der Waals surface area contributed by atoms with Crippen molar-refractivity contribution in [2.24, 2.45) is 0 Å². The molecule has 0 bridgehead atoms. The fourth-order valence-corrected chi connectivity index (χ4v) is 2.97.